The van der Waals surface area contributed by atoms with Crippen LogP contribution in [-0.4, -0.2) is 19.2 Å². The number of carbonyl (C=O) groups excluding carboxylic acids is 1. The first-order valence-electron chi connectivity index (χ1n) is 7.05. The fourth-order valence-corrected chi connectivity index (χ4v) is 1.85. The molecule has 0 bridgehead atoms. The monoisotopic (exact) mass is 360 g/mol. The Morgan fingerprint density at radius 2 is 1.80 bits per heavy atom. The zero-order chi connectivity index (χ0) is 18.4. The van der Waals surface area contributed by atoms with Gasteiger partial charge in [0.15, 0.2) is 11.6 Å². The van der Waals surface area contributed by atoms with Gasteiger partial charge >= 0.3 is 12.2 Å². The first kappa shape index (κ1) is 18.5. The van der Waals surface area contributed by atoms with Crippen LogP contribution in [0.4, 0.5) is 32.4 Å². The van der Waals surface area contributed by atoms with Crippen molar-refractivity contribution in [3.63, 3.8) is 0 Å². The summed E-state index contributed by atoms with van der Waals surface area (Å²) < 4.78 is 68.5. The van der Waals surface area contributed by atoms with Crippen LogP contribution >= 0.6 is 0 Å². The molecule has 0 fully saturated rings. The number of alkyl halides is 3. The zero-order valence-electron chi connectivity index (χ0n) is 12.7. The van der Waals surface area contributed by atoms with Crippen LogP contribution in [0.1, 0.15) is 5.56 Å². The number of ether oxygens (including phenoxy) is 1. The van der Waals surface area contributed by atoms with Crippen LogP contribution in [0.3, 0.4) is 0 Å². The summed E-state index contributed by atoms with van der Waals surface area (Å²) in [5.41, 5.74) is -0.902. The maximum absolute atomic E-state index is 13.0. The third kappa shape index (κ3) is 5.63. The molecule has 0 aromatic heterocycles. The number of nitrogens with one attached hydrogen (secondary N) is 2. The Kier molecular flexibility index (Phi) is 5.79. The van der Waals surface area contributed by atoms with Gasteiger partial charge in [0.05, 0.1) is 12.1 Å². The summed E-state index contributed by atoms with van der Waals surface area (Å²) in [5, 5.41) is 4.62. The molecule has 2 rings (SSSR count). The van der Waals surface area contributed by atoms with Crippen molar-refractivity contribution in [2.45, 2.75) is 6.18 Å². The summed E-state index contributed by atoms with van der Waals surface area (Å²) in [4.78, 5) is 11.6. The fourth-order valence-electron chi connectivity index (χ4n) is 1.85. The summed E-state index contributed by atoms with van der Waals surface area (Å²) in [6, 6.07) is 6.43. The first-order chi connectivity index (χ1) is 11.8. The van der Waals surface area contributed by atoms with E-state index in [0.717, 1.165) is 24.3 Å². The highest BCUT2D eigenvalue weighted by atomic mass is 19.4. The summed E-state index contributed by atoms with van der Waals surface area (Å²) in [7, 11) is 0. The van der Waals surface area contributed by atoms with Crippen molar-refractivity contribution >= 4 is 11.7 Å². The van der Waals surface area contributed by atoms with Gasteiger partial charge in [0.1, 0.15) is 12.4 Å². The lowest BCUT2D eigenvalue weighted by Gasteiger charge is -2.11. The molecule has 134 valence electrons. The lowest BCUT2D eigenvalue weighted by atomic mass is 10.2. The van der Waals surface area contributed by atoms with Crippen LogP contribution in [-0.2, 0) is 6.18 Å². The highest BCUT2D eigenvalue weighted by molar-refractivity contribution is 5.89. The molecular weight excluding hydrogens is 347 g/mol. The van der Waals surface area contributed by atoms with Crippen LogP contribution < -0.4 is 15.4 Å². The first-order valence-corrected chi connectivity index (χ1v) is 7.05. The van der Waals surface area contributed by atoms with Gasteiger partial charge in [0, 0.05) is 11.8 Å². The van der Waals surface area contributed by atoms with Crippen molar-refractivity contribution in [2.24, 2.45) is 0 Å². The van der Waals surface area contributed by atoms with E-state index in [1.165, 1.54) is 18.2 Å². The third-order valence-electron chi connectivity index (χ3n) is 3.00. The lowest BCUT2D eigenvalue weighted by Crippen LogP contribution is -2.32. The quantitative estimate of drug-likeness (QED) is 0.621. The number of hydrogen-bond acceptors (Lipinski definition) is 2. The summed E-state index contributed by atoms with van der Waals surface area (Å²) >= 11 is 0. The predicted octanol–water partition coefficient (Wildman–Crippen LogP) is 4.18. The molecule has 0 aliphatic carbocycles. The van der Waals surface area contributed by atoms with Crippen molar-refractivity contribution in [1.82, 2.24) is 5.32 Å². The van der Waals surface area contributed by atoms with Gasteiger partial charge in [-0.25, -0.2) is 13.6 Å². The van der Waals surface area contributed by atoms with E-state index < -0.39 is 29.4 Å². The minimum absolute atomic E-state index is 0.00376. The number of anilines is 1. The number of benzene rings is 2. The van der Waals surface area contributed by atoms with E-state index in [4.69, 9.17) is 4.74 Å². The van der Waals surface area contributed by atoms with Gasteiger partial charge in [-0.2, -0.15) is 13.2 Å². The van der Waals surface area contributed by atoms with Gasteiger partial charge < -0.3 is 15.4 Å². The van der Waals surface area contributed by atoms with Crippen molar-refractivity contribution in [1.29, 1.82) is 0 Å². The molecule has 0 unspecified atom stereocenters. The van der Waals surface area contributed by atoms with Gasteiger partial charge in [-0.3, -0.25) is 0 Å². The summed E-state index contributed by atoms with van der Waals surface area (Å²) in [6.07, 6.45) is -4.51. The Balaban J connectivity index is 1.78. The van der Waals surface area contributed by atoms with E-state index in [2.05, 4.69) is 10.6 Å². The molecule has 0 aliphatic heterocycles. The lowest BCUT2D eigenvalue weighted by molar-refractivity contribution is -0.137. The molecule has 25 heavy (non-hydrogen) atoms. The second-order valence-electron chi connectivity index (χ2n) is 4.88. The van der Waals surface area contributed by atoms with Crippen molar-refractivity contribution in [2.75, 3.05) is 18.5 Å². The molecule has 2 amide bonds. The number of hydrogen-bond donors (Lipinski definition) is 2. The average molecular weight is 360 g/mol. The van der Waals surface area contributed by atoms with E-state index in [1.807, 2.05) is 0 Å². The van der Waals surface area contributed by atoms with Crippen LogP contribution in [0.25, 0.3) is 0 Å². The Hall–Kier alpha value is -2.84. The molecule has 9 heteroatoms. The molecule has 0 atom stereocenters. The third-order valence-corrected chi connectivity index (χ3v) is 3.00. The molecule has 2 aromatic rings. The standard InChI is InChI=1S/C16H13F5N2O2/c17-13-5-4-12(9-14(13)18)25-7-6-22-15(24)23-11-3-1-2-10(8-11)16(19,20)21/h1-5,8-9H,6-7H2,(H2,22,23,24). The van der Waals surface area contributed by atoms with E-state index >= 15 is 0 Å². The largest absolute Gasteiger partial charge is 0.492 e. The molecule has 0 radical (unpaired) electrons. The fraction of sp³-hybridized carbons (Fsp3) is 0.188. The molecule has 4 nitrogen and oxygen atoms in total. The Morgan fingerprint density at radius 1 is 1.04 bits per heavy atom. The van der Waals surface area contributed by atoms with E-state index in [9.17, 15) is 26.7 Å². The molecule has 0 saturated heterocycles. The summed E-state index contributed by atoms with van der Waals surface area (Å²) in [6.45, 7) is -0.0368. The van der Waals surface area contributed by atoms with Crippen LogP contribution in [0, 0.1) is 11.6 Å². The van der Waals surface area contributed by atoms with E-state index in [0.29, 0.717) is 0 Å². The number of amides is 2. The molecule has 2 N–H and O–H groups in total. The number of carbonyl (C=O) groups is 1. The van der Waals surface area contributed by atoms with Crippen molar-refractivity contribution < 1.29 is 31.5 Å². The predicted molar refractivity (Wildman–Crippen MR) is 80.3 cm³/mol. The second kappa shape index (κ2) is 7.82. The molecule has 0 spiro atoms. The second-order valence-corrected chi connectivity index (χ2v) is 4.88. The highest BCUT2D eigenvalue weighted by Gasteiger charge is 2.30. The Morgan fingerprint density at radius 3 is 2.48 bits per heavy atom. The Labute approximate surface area is 139 Å². The Bertz CT molecular complexity index is 750. The van der Waals surface area contributed by atoms with Crippen LogP contribution in [0.5, 0.6) is 5.75 Å². The van der Waals surface area contributed by atoms with Gasteiger partial charge in [0.2, 0.25) is 0 Å². The smallest absolute Gasteiger partial charge is 0.416 e. The molecule has 0 heterocycles. The van der Waals surface area contributed by atoms with Gasteiger partial charge in [-0.05, 0) is 30.3 Å². The highest BCUT2D eigenvalue weighted by Crippen LogP contribution is 2.30. The molecule has 0 aliphatic rings. The molecule has 0 saturated carbocycles. The normalized spacial score (nSPS) is 11.1. The van der Waals surface area contributed by atoms with Gasteiger partial charge in [-0.1, -0.05) is 6.07 Å². The number of halogens is 5. The van der Waals surface area contributed by atoms with Crippen LogP contribution in [0.15, 0.2) is 42.5 Å². The maximum atomic E-state index is 13.0. The maximum Gasteiger partial charge on any atom is 0.416 e. The van der Waals surface area contributed by atoms with Gasteiger partial charge in [0.25, 0.3) is 0 Å². The topological polar surface area (TPSA) is 50.4 Å². The van der Waals surface area contributed by atoms with E-state index in [-0.39, 0.29) is 24.6 Å². The van der Waals surface area contributed by atoms with Crippen molar-refractivity contribution in [3.05, 3.63) is 59.7 Å². The SMILES string of the molecule is O=C(NCCOc1ccc(F)c(F)c1)Nc1cccc(C(F)(F)F)c1. The number of rotatable bonds is 5. The minimum Gasteiger partial charge on any atom is -0.492 e. The minimum atomic E-state index is -4.51. The summed E-state index contributed by atoms with van der Waals surface area (Å²) in [5.74, 6) is -1.99. The van der Waals surface area contributed by atoms with Gasteiger partial charge in [-0.15, -0.1) is 0 Å². The molecule has 2 aromatic carbocycles. The molecular formula is C16H13F5N2O2. The van der Waals surface area contributed by atoms with Crippen molar-refractivity contribution in [3.8, 4) is 5.75 Å². The number of urea groups is 1. The zero-order valence-corrected chi connectivity index (χ0v) is 12.7. The average Bonchev–Trinajstić information content (AvgIpc) is 2.54. The van der Waals surface area contributed by atoms with Crippen LogP contribution in [0.2, 0.25) is 0 Å². The van der Waals surface area contributed by atoms with E-state index in [1.54, 1.807) is 0 Å².